The number of nitrogens with zero attached hydrogens (tertiary/aromatic N) is 4. The van der Waals surface area contributed by atoms with E-state index in [1.165, 1.54) is 0 Å². The molecule has 5 nitrogen and oxygen atoms in total. The Labute approximate surface area is 125 Å². The fourth-order valence-electron chi connectivity index (χ4n) is 2.38. The monoisotopic (exact) mass is 286 g/mol. The summed E-state index contributed by atoms with van der Waals surface area (Å²) in [7, 11) is 0. The highest BCUT2D eigenvalue weighted by Gasteiger charge is 2.17. The number of unbranched alkanes of at least 4 members (excludes halogenated alkanes) is 1. The summed E-state index contributed by atoms with van der Waals surface area (Å²) in [6, 6.07) is 7.98. The molecule has 0 fully saturated rings. The molecule has 2 rings (SSSR count). The van der Waals surface area contributed by atoms with Crippen LogP contribution in [0, 0.1) is 6.92 Å². The second-order valence-electron chi connectivity index (χ2n) is 5.45. The number of Topliss-reactive ketones (excluding diaryl/α,β-unsaturated/α-hetero) is 1. The summed E-state index contributed by atoms with van der Waals surface area (Å²) < 4.78 is 0. The van der Waals surface area contributed by atoms with Gasteiger partial charge in [-0.2, -0.15) is 4.80 Å². The number of rotatable bonds is 7. The van der Waals surface area contributed by atoms with Gasteiger partial charge in [-0.15, -0.1) is 10.2 Å². The molecule has 0 unspecified atom stereocenters. The van der Waals surface area contributed by atoms with E-state index in [1.54, 1.807) is 11.7 Å². The molecule has 0 saturated carbocycles. The van der Waals surface area contributed by atoms with Crippen molar-refractivity contribution < 1.29 is 4.79 Å². The number of aryl methyl sites for hydroxylation is 1. The van der Waals surface area contributed by atoms with Crippen LogP contribution in [0.1, 0.15) is 51.1 Å². The zero-order valence-electron chi connectivity index (χ0n) is 12.9. The Kier molecular flexibility index (Phi) is 5.20. The van der Waals surface area contributed by atoms with Gasteiger partial charge in [0.05, 0.1) is 6.04 Å². The molecule has 0 spiro atoms. The summed E-state index contributed by atoms with van der Waals surface area (Å²) in [5, 5.41) is 12.8. The Morgan fingerprint density at radius 2 is 2.10 bits per heavy atom. The molecule has 0 amide bonds. The molecular formula is C16H22N4O. The molecule has 0 saturated heterocycles. The number of hydrogen-bond donors (Lipinski definition) is 0. The largest absolute Gasteiger partial charge is 0.300 e. The smallest absolute Gasteiger partial charge is 0.205 e. The van der Waals surface area contributed by atoms with Crippen molar-refractivity contribution in [3.63, 3.8) is 0 Å². The second-order valence-corrected chi connectivity index (χ2v) is 5.45. The Morgan fingerprint density at radius 3 is 2.76 bits per heavy atom. The zero-order chi connectivity index (χ0) is 15.2. The molecule has 1 heterocycles. The molecule has 5 heteroatoms. The van der Waals surface area contributed by atoms with Gasteiger partial charge in [0.2, 0.25) is 5.82 Å². The van der Waals surface area contributed by atoms with Crippen LogP contribution in [0.25, 0.3) is 11.4 Å². The van der Waals surface area contributed by atoms with E-state index in [-0.39, 0.29) is 11.8 Å². The first kappa shape index (κ1) is 15.4. The number of carbonyl (C=O) groups is 1. The molecule has 21 heavy (non-hydrogen) atoms. The normalized spacial score (nSPS) is 12.3. The van der Waals surface area contributed by atoms with Crippen molar-refractivity contribution >= 4 is 5.78 Å². The first-order valence-corrected chi connectivity index (χ1v) is 7.46. The molecule has 0 radical (unpaired) electrons. The van der Waals surface area contributed by atoms with Crippen LogP contribution in [0.4, 0.5) is 0 Å². The van der Waals surface area contributed by atoms with Crippen LogP contribution in [0.5, 0.6) is 0 Å². The third kappa shape index (κ3) is 3.97. The maximum atomic E-state index is 11.4. The van der Waals surface area contributed by atoms with Gasteiger partial charge in [-0.3, -0.25) is 4.79 Å². The quantitative estimate of drug-likeness (QED) is 0.783. The van der Waals surface area contributed by atoms with Crippen LogP contribution in [-0.2, 0) is 4.79 Å². The van der Waals surface area contributed by atoms with Crippen molar-refractivity contribution in [2.75, 3.05) is 0 Å². The first-order valence-electron chi connectivity index (χ1n) is 7.46. The van der Waals surface area contributed by atoms with Crippen molar-refractivity contribution in [3.8, 4) is 11.4 Å². The number of benzene rings is 1. The van der Waals surface area contributed by atoms with Gasteiger partial charge in [-0.05, 0) is 31.0 Å². The maximum absolute atomic E-state index is 11.4. The van der Waals surface area contributed by atoms with E-state index in [4.69, 9.17) is 0 Å². The predicted octanol–water partition coefficient (Wildman–Crippen LogP) is 3.36. The molecule has 0 aliphatic rings. The van der Waals surface area contributed by atoms with Crippen molar-refractivity contribution in [2.45, 2.75) is 52.5 Å². The van der Waals surface area contributed by atoms with E-state index in [0.717, 1.165) is 30.4 Å². The lowest BCUT2D eigenvalue weighted by molar-refractivity contribution is -0.117. The minimum absolute atomic E-state index is 0.00715. The topological polar surface area (TPSA) is 60.7 Å². The van der Waals surface area contributed by atoms with Gasteiger partial charge in [-0.1, -0.05) is 44.0 Å². The summed E-state index contributed by atoms with van der Waals surface area (Å²) in [4.78, 5) is 13.0. The Morgan fingerprint density at radius 1 is 1.33 bits per heavy atom. The lowest BCUT2D eigenvalue weighted by Gasteiger charge is -2.13. The fourth-order valence-corrected chi connectivity index (χ4v) is 2.38. The summed E-state index contributed by atoms with van der Waals surface area (Å²) in [5.74, 6) is 0.781. The molecule has 1 aromatic carbocycles. The highest BCUT2D eigenvalue weighted by molar-refractivity contribution is 5.75. The average Bonchev–Trinajstić information content (AvgIpc) is 2.93. The lowest BCUT2D eigenvalue weighted by Crippen LogP contribution is -2.15. The molecule has 0 aliphatic carbocycles. The molecule has 0 aliphatic heterocycles. The minimum Gasteiger partial charge on any atom is -0.300 e. The average molecular weight is 286 g/mol. The van der Waals surface area contributed by atoms with Gasteiger partial charge in [0.15, 0.2) is 0 Å². The molecule has 112 valence electrons. The van der Waals surface area contributed by atoms with Gasteiger partial charge >= 0.3 is 0 Å². The number of aromatic nitrogens is 4. The van der Waals surface area contributed by atoms with Crippen molar-refractivity contribution in [1.82, 2.24) is 20.2 Å². The highest BCUT2D eigenvalue weighted by Crippen LogP contribution is 2.21. The summed E-state index contributed by atoms with van der Waals surface area (Å²) in [6.07, 6.45) is 3.51. The molecule has 1 atom stereocenters. The van der Waals surface area contributed by atoms with Crippen LogP contribution in [-0.4, -0.2) is 26.0 Å². The highest BCUT2D eigenvalue weighted by atomic mass is 16.1. The summed E-state index contributed by atoms with van der Waals surface area (Å²) >= 11 is 0. The maximum Gasteiger partial charge on any atom is 0.205 e. The van der Waals surface area contributed by atoms with E-state index in [0.29, 0.717) is 12.2 Å². The summed E-state index contributed by atoms with van der Waals surface area (Å²) in [5.41, 5.74) is 2.11. The third-order valence-corrected chi connectivity index (χ3v) is 3.55. The van der Waals surface area contributed by atoms with Crippen LogP contribution < -0.4 is 0 Å². The van der Waals surface area contributed by atoms with E-state index >= 15 is 0 Å². The van der Waals surface area contributed by atoms with Crippen molar-refractivity contribution in [3.05, 3.63) is 29.8 Å². The molecule has 1 aromatic heterocycles. The van der Waals surface area contributed by atoms with Crippen LogP contribution >= 0.6 is 0 Å². The molecular weight excluding hydrogens is 264 g/mol. The SMILES string of the molecule is CCCC[C@@H](CC(C)=O)n1nnc(-c2ccccc2C)n1. The second kappa shape index (κ2) is 7.11. The molecule has 0 N–H and O–H groups in total. The Hall–Kier alpha value is -2.04. The third-order valence-electron chi connectivity index (χ3n) is 3.55. The van der Waals surface area contributed by atoms with E-state index in [9.17, 15) is 4.79 Å². The zero-order valence-corrected chi connectivity index (χ0v) is 12.9. The van der Waals surface area contributed by atoms with Gasteiger partial charge in [0.25, 0.3) is 0 Å². The Bertz CT molecular complexity index is 606. The van der Waals surface area contributed by atoms with Crippen LogP contribution in [0.3, 0.4) is 0 Å². The van der Waals surface area contributed by atoms with Gasteiger partial charge in [0.1, 0.15) is 5.78 Å². The number of hydrogen-bond acceptors (Lipinski definition) is 4. The molecule has 0 bridgehead atoms. The predicted molar refractivity (Wildman–Crippen MR) is 81.9 cm³/mol. The standard InChI is InChI=1S/C16H22N4O/c1-4-5-9-14(11-13(3)21)20-18-16(17-19-20)15-10-7-6-8-12(15)2/h6-8,10,14H,4-5,9,11H2,1-3H3/t14-/m0/s1. The van der Waals surface area contributed by atoms with Gasteiger partial charge in [-0.25, -0.2) is 0 Å². The van der Waals surface area contributed by atoms with E-state index < -0.39 is 0 Å². The van der Waals surface area contributed by atoms with E-state index in [1.807, 2.05) is 31.2 Å². The number of tetrazole rings is 1. The van der Waals surface area contributed by atoms with Crippen LogP contribution in [0.2, 0.25) is 0 Å². The van der Waals surface area contributed by atoms with Crippen molar-refractivity contribution in [2.24, 2.45) is 0 Å². The minimum atomic E-state index is 0.00715. The van der Waals surface area contributed by atoms with E-state index in [2.05, 4.69) is 22.3 Å². The Balaban J connectivity index is 2.23. The van der Waals surface area contributed by atoms with Crippen molar-refractivity contribution in [1.29, 1.82) is 0 Å². The van der Waals surface area contributed by atoms with Gasteiger partial charge < -0.3 is 0 Å². The number of carbonyl (C=O) groups excluding carboxylic acids is 1. The molecule has 2 aromatic rings. The fraction of sp³-hybridized carbons (Fsp3) is 0.500. The lowest BCUT2D eigenvalue weighted by atomic mass is 10.1. The van der Waals surface area contributed by atoms with Gasteiger partial charge in [0, 0.05) is 12.0 Å². The summed E-state index contributed by atoms with van der Waals surface area (Å²) in [6.45, 7) is 5.77. The first-order chi connectivity index (χ1) is 10.1. The number of ketones is 1. The van der Waals surface area contributed by atoms with Crippen LogP contribution in [0.15, 0.2) is 24.3 Å².